The van der Waals surface area contributed by atoms with Crippen LogP contribution in [0.15, 0.2) is 67.0 Å². The first-order chi connectivity index (χ1) is 12.1. The summed E-state index contributed by atoms with van der Waals surface area (Å²) in [6, 6.07) is 15.6. The Hall–Kier alpha value is -2.43. The topological polar surface area (TPSA) is 33.2 Å². The zero-order valence-electron chi connectivity index (χ0n) is 13.7. The second-order valence-electron chi connectivity index (χ2n) is 5.60. The van der Waals surface area contributed by atoms with Crippen molar-refractivity contribution in [2.24, 2.45) is 0 Å². The number of benzene rings is 1. The molecule has 0 spiro atoms. The van der Waals surface area contributed by atoms with Gasteiger partial charge in [0.25, 0.3) is 0 Å². The molecule has 1 aromatic carbocycles. The molecule has 0 unspecified atom stereocenters. The fourth-order valence-corrected chi connectivity index (χ4v) is 3.46. The molecule has 3 nitrogen and oxygen atoms in total. The Balaban J connectivity index is 1.65. The van der Waals surface area contributed by atoms with E-state index >= 15 is 0 Å². The van der Waals surface area contributed by atoms with Crippen LogP contribution in [0.2, 0.25) is 5.02 Å². The minimum atomic E-state index is -0.0329. The molecule has 3 aromatic rings. The number of carbonyl (C=O) groups excluding carboxylic acids is 1. The molecule has 1 amide bonds. The first kappa shape index (κ1) is 17.4. The summed E-state index contributed by atoms with van der Waals surface area (Å²) in [5, 5.41) is 0.718. The van der Waals surface area contributed by atoms with E-state index in [-0.39, 0.29) is 5.91 Å². The van der Waals surface area contributed by atoms with Gasteiger partial charge in [0.05, 0.1) is 0 Å². The van der Waals surface area contributed by atoms with E-state index in [1.165, 1.54) is 0 Å². The lowest BCUT2D eigenvalue weighted by Gasteiger charge is -2.14. The molecule has 0 fully saturated rings. The van der Waals surface area contributed by atoms with Gasteiger partial charge < -0.3 is 4.90 Å². The quantitative estimate of drug-likeness (QED) is 0.584. The Morgan fingerprint density at radius 3 is 2.76 bits per heavy atom. The van der Waals surface area contributed by atoms with Gasteiger partial charge in [-0.15, -0.1) is 11.3 Å². The highest BCUT2D eigenvalue weighted by molar-refractivity contribution is 7.16. The van der Waals surface area contributed by atoms with Crippen LogP contribution in [0, 0.1) is 0 Å². The van der Waals surface area contributed by atoms with Gasteiger partial charge in [-0.1, -0.05) is 23.7 Å². The predicted molar refractivity (Wildman–Crippen MR) is 105 cm³/mol. The molecular weight excluding hydrogens is 352 g/mol. The summed E-state index contributed by atoms with van der Waals surface area (Å²) < 4.78 is 0. The highest BCUT2D eigenvalue weighted by atomic mass is 35.5. The van der Waals surface area contributed by atoms with Gasteiger partial charge in [-0.2, -0.15) is 0 Å². The molecule has 2 aromatic heterocycles. The maximum absolute atomic E-state index is 12.3. The molecule has 0 N–H and O–H groups in total. The van der Waals surface area contributed by atoms with Gasteiger partial charge in [0.2, 0.25) is 5.91 Å². The summed E-state index contributed by atoms with van der Waals surface area (Å²) in [7, 11) is 1.79. The zero-order valence-corrected chi connectivity index (χ0v) is 15.3. The highest BCUT2D eigenvalue weighted by Gasteiger charge is 2.06. The fraction of sp³-hybridized carbons (Fsp3) is 0.100. The van der Waals surface area contributed by atoms with Crippen LogP contribution in [0.25, 0.3) is 16.5 Å². The molecule has 0 atom stereocenters. The average molecular weight is 369 g/mol. The summed E-state index contributed by atoms with van der Waals surface area (Å²) in [6.07, 6.45) is 6.91. The third kappa shape index (κ3) is 4.78. The van der Waals surface area contributed by atoms with Crippen LogP contribution in [0.1, 0.15) is 10.4 Å². The fourth-order valence-electron chi connectivity index (χ4n) is 2.36. The van der Waals surface area contributed by atoms with Gasteiger partial charge in [-0.25, -0.2) is 0 Å². The minimum absolute atomic E-state index is 0.0329. The van der Waals surface area contributed by atoms with Crippen LogP contribution < -0.4 is 0 Å². The molecule has 0 aliphatic rings. The SMILES string of the molecule is CN(Cc1ccncc1)C(=O)/C=C/c1ccc(-c2cccc(Cl)c2)s1. The van der Waals surface area contributed by atoms with E-state index in [9.17, 15) is 4.79 Å². The van der Waals surface area contributed by atoms with Crippen molar-refractivity contribution in [2.75, 3.05) is 7.05 Å². The van der Waals surface area contributed by atoms with Gasteiger partial charge in [-0.05, 0) is 53.6 Å². The van der Waals surface area contributed by atoms with E-state index in [1.54, 1.807) is 41.8 Å². The van der Waals surface area contributed by atoms with Crippen LogP contribution in [0.5, 0.6) is 0 Å². The number of carbonyl (C=O) groups is 1. The number of nitrogens with zero attached hydrogens (tertiary/aromatic N) is 2. The maximum atomic E-state index is 12.3. The van der Waals surface area contributed by atoms with Crippen molar-refractivity contribution in [3.63, 3.8) is 0 Å². The number of aromatic nitrogens is 1. The number of hydrogen-bond acceptors (Lipinski definition) is 3. The van der Waals surface area contributed by atoms with E-state index < -0.39 is 0 Å². The number of thiophene rings is 1. The molecule has 5 heteroatoms. The second kappa shape index (κ2) is 8.10. The highest BCUT2D eigenvalue weighted by Crippen LogP contribution is 2.30. The van der Waals surface area contributed by atoms with Crippen molar-refractivity contribution < 1.29 is 4.79 Å². The molecule has 0 saturated carbocycles. The second-order valence-corrected chi connectivity index (χ2v) is 7.15. The Kier molecular flexibility index (Phi) is 5.64. The number of likely N-dealkylation sites (N-methyl/N-ethyl adjacent to an activating group) is 1. The van der Waals surface area contributed by atoms with Crippen molar-refractivity contribution >= 4 is 34.9 Å². The summed E-state index contributed by atoms with van der Waals surface area (Å²) >= 11 is 7.67. The minimum Gasteiger partial charge on any atom is -0.338 e. The summed E-state index contributed by atoms with van der Waals surface area (Å²) in [4.78, 5) is 20.1. The Bertz CT molecular complexity index is 889. The maximum Gasteiger partial charge on any atom is 0.246 e. The zero-order chi connectivity index (χ0) is 17.6. The van der Waals surface area contributed by atoms with Gasteiger partial charge in [0.1, 0.15) is 0 Å². The predicted octanol–water partition coefficient (Wildman–Crippen LogP) is 5.14. The van der Waals surface area contributed by atoms with Crippen LogP contribution in [0.3, 0.4) is 0 Å². The van der Waals surface area contributed by atoms with Crippen LogP contribution in [-0.2, 0) is 11.3 Å². The monoisotopic (exact) mass is 368 g/mol. The first-order valence-corrected chi connectivity index (χ1v) is 8.99. The Morgan fingerprint density at radius 2 is 2.00 bits per heavy atom. The van der Waals surface area contributed by atoms with Crippen LogP contribution in [-0.4, -0.2) is 22.8 Å². The van der Waals surface area contributed by atoms with Crippen LogP contribution >= 0.6 is 22.9 Å². The van der Waals surface area contributed by atoms with Gasteiger partial charge in [0, 0.05) is 46.8 Å². The molecule has 25 heavy (non-hydrogen) atoms. The van der Waals surface area contributed by atoms with Crippen molar-refractivity contribution in [3.05, 3.63) is 82.5 Å². The van der Waals surface area contributed by atoms with E-state index in [2.05, 4.69) is 4.98 Å². The normalized spacial score (nSPS) is 11.0. The van der Waals surface area contributed by atoms with Crippen molar-refractivity contribution in [1.29, 1.82) is 0 Å². The molecule has 0 aliphatic carbocycles. The summed E-state index contributed by atoms with van der Waals surface area (Å²) in [5.41, 5.74) is 2.14. The number of hydrogen-bond donors (Lipinski definition) is 0. The Labute approximate surface area is 156 Å². The van der Waals surface area contributed by atoms with E-state index in [1.807, 2.05) is 54.6 Å². The lowest BCUT2D eigenvalue weighted by molar-refractivity contribution is -0.125. The third-order valence-electron chi connectivity index (χ3n) is 3.67. The standard InChI is InChI=1S/C20H17ClN2OS/c1-23(14-15-9-11-22-12-10-15)20(24)8-6-18-5-7-19(25-18)16-3-2-4-17(21)13-16/h2-13H,14H2,1H3/b8-6+. The van der Waals surface area contributed by atoms with Crippen LogP contribution in [0.4, 0.5) is 0 Å². The van der Waals surface area contributed by atoms with Crippen molar-refractivity contribution in [3.8, 4) is 10.4 Å². The first-order valence-electron chi connectivity index (χ1n) is 7.80. The van der Waals surface area contributed by atoms with E-state index in [0.717, 1.165) is 25.9 Å². The molecule has 126 valence electrons. The number of halogens is 1. The van der Waals surface area contributed by atoms with Gasteiger partial charge in [0.15, 0.2) is 0 Å². The smallest absolute Gasteiger partial charge is 0.246 e. The molecule has 0 saturated heterocycles. The van der Waals surface area contributed by atoms with E-state index in [0.29, 0.717) is 6.54 Å². The lowest BCUT2D eigenvalue weighted by Crippen LogP contribution is -2.24. The molecule has 3 rings (SSSR count). The molecule has 0 bridgehead atoms. The van der Waals surface area contributed by atoms with Crippen molar-refractivity contribution in [1.82, 2.24) is 9.88 Å². The van der Waals surface area contributed by atoms with Gasteiger partial charge in [-0.3, -0.25) is 9.78 Å². The molecule has 0 aliphatic heterocycles. The molecular formula is C20H17ClN2OS. The van der Waals surface area contributed by atoms with Crippen molar-refractivity contribution in [2.45, 2.75) is 6.54 Å². The number of pyridine rings is 1. The molecule has 2 heterocycles. The Morgan fingerprint density at radius 1 is 1.20 bits per heavy atom. The average Bonchev–Trinajstić information content (AvgIpc) is 3.09. The summed E-state index contributed by atoms with van der Waals surface area (Å²) in [6.45, 7) is 0.559. The largest absolute Gasteiger partial charge is 0.338 e. The number of amides is 1. The third-order valence-corrected chi connectivity index (χ3v) is 5.01. The number of rotatable bonds is 5. The summed E-state index contributed by atoms with van der Waals surface area (Å²) in [5.74, 6) is -0.0329. The van der Waals surface area contributed by atoms with E-state index in [4.69, 9.17) is 11.6 Å². The lowest BCUT2D eigenvalue weighted by atomic mass is 10.2. The molecule has 0 radical (unpaired) electrons. The van der Waals surface area contributed by atoms with Gasteiger partial charge >= 0.3 is 0 Å².